The van der Waals surface area contributed by atoms with Crippen LogP contribution in [0.1, 0.15) is 38.3 Å². The van der Waals surface area contributed by atoms with E-state index in [1.54, 1.807) is 40.0 Å². The van der Waals surface area contributed by atoms with Gasteiger partial charge in [-0.05, 0) is 61.6 Å². The van der Waals surface area contributed by atoms with Gasteiger partial charge in [0.05, 0.1) is 43.1 Å². The Morgan fingerprint density at radius 3 is 2.54 bits per heavy atom. The molecule has 4 aromatic rings. The average Bonchev–Trinajstić information content (AvgIpc) is 3.62. The molecule has 1 saturated heterocycles. The number of carbonyl (C=O) groups excluding carboxylic acids is 3. The maximum atomic E-state index is 14.8. The number of aromatic nitrogens is 2. The second kappa shape index (κ2) is 16.7. The van der Waals surface area contributed by atoms with Gasteiger partial charge in [-0.3, -0.25) is 19.7 Å². The fraction of sp³-hybridized carbons (Fsp3) is 0.378. The molecular formula is C37H42ClF2N7O5. The molecule has 5 rings (SSSR count). The Bertz CT molecular complexity index is 1930. The van der Waals surface area contributed by atoms with Crippen molar-refractivity contribution >= 4 is 51.7 Å². The van der Waals surface area contributed by atoms with Crippen LogP contribution in [0, 0.1) is 17.0 Å². The number of nitrogens with one attached hydrogen (secondary N) is 5. The monoisotopic (exact) mass is 737 g/mol. The van der Waals surface area contributed by atoms with E-state index in [9.17, 15) is 23.2 Å². The van der Waals surface area contributed by atoms with E-state index in [-0.39, 0.29) is 24.0 Å². The topological polar surface area (TPSA) is 156 Å². The minimum absolute atomic E-state index is 0.0994. The molecule has 1 fully saturated rings. The van der Waals surface area contributed by atoms with Gasteiger partial charge in [0.1, 0.15) is 34.8 Å². The molecule has 12 nitrogen and oxygen atoms in total. The number of halogens is 3. The average molecular weight is 738 g/mol. The van der Waals surface area contributed by atoms with E-state index >= 15 is 0 Å². The summed E-state index contributed by atoms with van der Waals surface area (Å²) in [7, 11) is 3.11. The van der Waals surface area contributed by atoms with Crippen LogP contribution >= 0.6 is 11.6 Å². The van der Waals surface area contributed by atoms with Gasteiger partial charge < -0.3 is 30.7 Å². The molecule has 0 radical (unpaired) electrons. The zero-order valence-corrected chi connectivity index (χ0v) is 30.2. The predicted molar refractivity (Wildman–Crippen MR) is 193 cm³/mol. The standard InChI is InChI=1S/C37H42ClF2N7O5/c1-20(41-4)34(48)46-32(36(50)47-35(49)28-14-23(17-42-28)52-18-21-9-7-6-8-10-21)37(2,3)16-22-13-24-27(15-29(22)51-5)43-19-44-33(24)45-26-12-11-25(39)30(38)31(26)40/h6-13,15,19-20,23,28,32,41-42H,14,16-18H2,1-5H3,(H,46,48)(H,43,44,45)(H,47,49,50)/t20-,23+,28-,32+/m0/s1. The van der Waals surface area contributed by atoms with Crippen LogP contribution in [0.4, 0.5) is 20.3 Å². The van der Waals surface area contributed by atoms with Crippen molar-refractivity contribution in [3.63, 3.8) is 0 Å². The van der Waals surface area contributed by atoms with Crippen molar-refractivity contribution in [1.29, 1.82) is 0 Å². The number of hydrogen-bond donors (Lipinski definition) is 5. The van der Waals surface area contributed by atoms with E-state index in [2.05, 4.69) is 36.6 Å². The molecule has 1 aromatic heterocycles. The molecule has 1 aliphatic rings. The van der Waals surface area contributed by atoms with Crippen LogP contribution in [0.2, 0.25) is 5.02 Å². The summed E-state index contributed by atoms with van der Waals surface area (Å²) < 4.78 is 40.3. The Morgan fingerprint density at radius 1 is 1.08 bits per heavy atom. The van der Waals surface area contributed by atoms with E-state index in [4.69, 9.17) is 21.1 Å². The van der Waals surface area contributed by atoms with E-state index in [1.165, 1.54) is 19.5 Å². The Morgan fingerprint density at radius 2 is 1.83 bits per heavy atom. The Kier molecular flexibility index (Phi) is 12.4. The number of nitrogens with zero attached hydrogens (tertiary/aromatic N) is 2. The number of ether oxygens (including phenoxy) is 2. The van der Waals surface area contributed by atoms with Crippen LogP contribution in [-0.4, -0.2) is 72.6 Å². The van der Waals surface area contributed by atoms with Gasteiger partial charge >= 0.3 is 0 Å². The predicted octanol–water partition coefficient (Wildman–Crippen LogP) is 4.57. The van der Waals surface area contributed by atoms with Crippen molar-refractivity contribution in [2.75, 3.05) is 26.0 Å². The van der Waals surface area contributed by atoms with Gasteiger partial charge in [0, 0.05) is 18.0 Å². The largest absolute Gasteiger partial charge is 0.496 e. The second-order valence-corrected chi connectivity index (χ2v) is 13.7. The Balaban J connectivity index is 1.37. The van der Waals surface area contributed by atoms with E-state index in [0.717, 1.165) is 11.6 Å². The van der Waals surface area contributed by atoms with Gasteiger partial charge in [0.25, 0.3) is 0 Å². The first-order valence-corrected chi connectivity index (χ1v) is 17.1. The number of benzene rings is 3. The van der Waals surface area contributed by atoms with Gasteiger partial charge in [-0.25, -0.2) is 18.7 Å². The quantitative estimate of drug-likeness (QED) is 0.116. The molecule has 5 N–H and O–H groups in total. The molecule has 3 aromatic carbocycles. The third-order valence-corrected chi connectivity index (χ3v) is 9.46. The number of rotatable bonds is 14. The van der Waals surface area contributed by atoms with Crippen LogP contribution in [0.25, 0.3) is 10.9 Å². The number of imide groups is 1. The highest BCUT2D eigenvalue weighted by Crippen LogP contribution is 2.36. The molecule has 15 heteroatoms. The fourth-order valence-electron chi connectivity index (χ4n) is 6.01. The molecule has 276 valence electrons. The van der Waals surface area contributed by atoms with Gasteiger partial charge in [-0.2, -0.15) is 0 Å². The summed E-state index contributed by atoms with van der Waals surface area (Å²) in [6, 6.07) is 12.9. The normalized spacial score (nSPS) is 17.0. The van der Waals surface area contributed by atoms with Crippen LogP contribution in [-0.2, 0) is 32.1 Å². The highest BCUT2D eigenvalue weighted by molar-refractivity contribution is 6.31. The molecule has 3 amide bonds. The Labute approximate surface area is 305 Å². The summed E-state index contributed by atoms with van der Waals surface area (Å²) in [6.07, 6.45) is 1.58. The number of carbonyl (C=O) groups is 3. The highest BCUT2D eigenvalue weighted by atomic mass is 35.5. The lowest BCUT2D eigenvalue weighted by Crippen LogP contribution is -2.59. The molecule has 0 bridgehead atoms. The van der Waals surface area contributed by atoms with Crippen LogP contribution in [0.5, 0.6) is 5.75 Å². The third kappa shape index (κ3) is 8.99. The van der Waals surface area contributed by atoms with Gasteiger partial charge in [-0.1, -0.05) is 55.8 Å². The highest BCUT2D eigenvalue weighted by Gasteiger charge is 2.40. The number of amides is 3. The number of methoxy groups -OCH3 is 1. The summed E-state index contributed by atoms with van der Waals surface area (Å²) in [6.45, 7) is 6.05. The lowest BCUT2D eigenvalue weighted by atomic mass is 9.77. The summed E-state index contributed by atoms with van der Waals surface area (Å²) in [4.78, 5) is 49.1. The van der Waals surface area contributed by atoms with Crippen molar-refractivity contribution in [2.45, 2.75) is 64.4 Å². The first-order valence-electron chi connectivity index (χ1n) is 16.7. The number of anilines is 2. The summed E-state index contributed by atoms with van der Waals surface area (Å²) >= 11 is 5.80. The van der Waals surface area contributed by atoms with Gasteiger partial charge in [-0.15, -0.1) is 0 Å². The molecule has 0 saturated carbocycles. The minimum atomic E-state index is -1.17. The molecular weight excluding hydrogens is 696 g/mol. The van der Waals surface area contributed by atoms with Crippen LogP contribution in [0.15, 0.2) is 60.9 Å². The number of hydrogen-bond acceptors (Lipinski definition) is 10. The lowest BCUT2D eigenvalue weighted by molar-refractivity contribution is -0.137. The molecule has 1 aliphatic heterocycles. The first-order chi connectivity index (χ1) is 24.8. The molecule has 0 spiro atoms. The maximum Gasteiger partial charge on any atom is 0.249 e. The zero-order chi connectivity index (χ0) is 37.6. The van der Waals surface area contributed by atoms with Crippen LogP contribution in [0.3, 0.4) is 0 Å². The second-order valence-electron chi connectivity index (χ2n) is 13.3. The van der Waals surface area contributed by atoms with Crippen molar-refractivity contribution in [2.24, 2.45) is 5.41 Å². The Hall–Kier alpha value is -4.76. The molecule has 0 unspecified atom stereocenters. The zero-order valence-electron chi connectivity index (χ0n) is 29.5. The van der Waals surface area contributed by atoms with E-state index < -0.39 is 57.9 Å². The minimum Gasteiger partial charge on any atom is -0.496 e. The molecule has 0 aliphatic carbocycles. The van der Waals surface area contributed by atoms with Crippen LogP contribution < -0.4 is 31.3 Å². The molecule has 52 heavy (non-hydrogen) atoms. The lowest BCUT2D eigenvalue weighted by Gasteiger charge is -2.35. The number of fused-ring (bicyclic) bond motifs is 1. The third-order valence-electron chi connectivity index (χ3n) is 9.11. The molecule has 4 atom stereocenters. The summed E-state index contributed by atoms with van der Waals surface area (Å²) in [5.74, 6) is -2.90. The van der Waals surface area contributed by atoms with Crippen molar-refractivity contribution in [1.82, 2.24) is 31.2 Å². The summed E-state index contributed by atoms with van der Waals surface area (Å²) in [5, 5.41) is 14.0. The smallest absolute Gasteiger partial charge is 0.249 e. The van der Waals surface area contributed by atoms with Crippen molar-refractivity contribution < 1.29 is 32.6 Å². The van der Waals surface area contributed by atoms with E-state index in [1.807, 2.05) is 30.3 Å². The van der Waals surface area contributed by atoms with E-state index in [0.29, 0.717) is 41.8 Å². The first kappa shape index (κ1) is 38.5. The number of likely N-dealkylation sites (N-methyl/N-ethyl adjacent to an activating group) is 1. The summed E-state index contributed by atoms with van der Waals surface area (Å²) in [5.41, 5.74) is 0.954. The van der Waals surface area contributed by atoms with Gasteiger partial charge in [0.15, 0.2) is 5.82 Å². The van der Waals surface area contributed by atoms with Crippen molar-refractivity contribution in [3.8, 4) is 5.75 Å². The molecule has 2 heterocycles. The SMILES string of the molecule is CN[C@@H](C)C(=O)N[C@H](C(=O)NC(=O)[C@@H]1C[C@@H](OCc2ccccc2)CN1)C(C)(C)Cc1cc2c(Nc3ccc(F)c(Cl)c3F)ncnc2cc1OC. The van der Waals surface area contributed by atoms with Crippen molar-refractivity contribution in [3.05, 3.63) is 88.7 Å². The van der Waals surface area contributed by atoms with Gasteiger partial charge in [0.2, 0.25) is 17.7 Å². The fourth-order valence-corrected chi connectivity index (χ4v) is 6.18. The maximum absolute atomic E-state index is 14.8.